The topological polar surface area (TPSA) is 87.3 Å². The van der Waals surface area contributed by atoms with Gasteiger partial charge in [-0.1, -0.05) is 0 Å². The zero-order chi connectivity index (χ0) is 11.8. The number of imide groups is 1. The van der Waals surface area contributed by atoms with Gasteiger partial charge in [0.15, 0.2) is 0 Å². The summed E-state index contributed by atoms with van der Waals surface area (Å²) >= 11 is 0. The number of carbonyl (C=O) groups is 3. The molecule has 0 aromatic carbocycles. The van der Waals surface area contributed by atoms with Crippen LogP contribution in [0.1, 0.15) is 19.8 Å². The molecule has 6 heteroatoms. The maximum atomic E-state index is 11.8. The van der Waals surface area contributed by atoms with Crippen LogP contribution in [0.3, 0.4) is 0 Å². The molecule has 2 rings (SSSR count). The highest BCUT2D eigenvalue weighted by Gasteiger charge is 2.41. The number of nitrogens with one attached hydrogen (secondary N) is 3. The fraction of sp³-hybridized carbons (Fsp3) is 0.700. The van der Waals surface area contributed by atoms with Gasteiger partial charge in [-0.2, -0.15) is 0 Å². The molecule has 0 saturated carbocycles. The Bertz CT molecular complexity index is 349. The molecule has 0 aromatic rings. The summed E-state index contributed by atoms with van der Waals surface area (Å²) in [7, 11) is 0. The summed E-state index contributed by atoms with van der Waals surface area (Å²) < 4.78 is 0. The third-order valence-electron chi connectivity index (χ3n) is 3.12. The maximum absolute atomic E-state index is 11.8. The zero-order valence-electron chi connectivity index (χ0n) is 9.13. The lowest BCUT2D eigenvalue weighted by Crippen LogP contribution is -2.63. The molecular formula is C10H15N3O3. The van der Waals surface area contributed by atoms with E-state index in [0.29, 0.717) is 19.5 Å². The van der Waals surface area contributed by atoms with E-state index in [1.807, 2.05) is 6.92 Å². The van der Waals surface area contributed by atoms with E-state index in [9.17, 15) is 14.4 Å². The molecular weight excluding hydrogens is 210 g/mol. The fourth-order valence-corrected chi connectivity index (χ4v) is 1.82. The molecule has 1 atom stereocenters. The second kappa shape index (κ2) is 3.86. The first kappa shape index (κ1) is 11.1. The van der Waals surface area contributed by atoms with Crippen LogP contribution in [0, 0.1) is 5.41 Å². The van der Waals surface area contributed by atoms with Gasteiger partial charge in [-0.05, 0) is 13.3 Å². The van der Waals surface area contributed by atoms with E-state index in [4.69, 9.17) is 0 Å². The van der Waals surface area contributed by atoms with Crippen molar-refractivity contribution in [3.8, 4) is 0 Å². The molecule has 0 aliphatic carbocycles. The van der Waals surface area contributed by atoms with Crippen molar-refractivity contribution in [3.05, 3.63) is 0 Å². The van der Waals surface area contributed by atoms with E-state index < -0.39 is 17.4 Å². The minimum atomic E-state index is -0.567. The number of carbonyl (C=O) groups excluding carboxylic acids is 3. The lowest BCUT2D eigenvalue weighted by Gasteiger charge is -2.38. The Morgan fingerprint density at radius 2 is 2.12 bits per heavy atom. The van der Waals surface area contributed by atoms with Gasteiger partial charge in [0.25, 0.3) is 0 Å². The van der Waals surface area contributed by atoms with Gasteiger partial charge >= 0.3 is 0 Å². The molecule has 6 nitrogen and oxygen atoms in total. The third kappa shape index (κ3) is 1.92. The van der Waals surface area contributed by atoms with E-state index in [-0.39, 0.29) is 18.2 Å². The first-order chi connectivity index (χ1) is 7.51. The van der Waals surface area contributed by atoms with Crippen molar-refractivity contribution in [1.82, 2.24) is 16.0 Å². The summed E-state index contributed by atoms with van der Waals surface area (Å²) in [5.74, 6) is -0.798. The van der Waals surface area contributed by atoms with Crippen LogP contribution in [0.25, 0.3) is 0 Å². The molecule has 0 spiro atoms. The van der Waals surface area contributed by atoms with Crippen LogP contribution in [0.2, 0.25) is 0 Å². The first-order valence-electron chi connectivity index (χ1n) is 5.37. The van der Waals surface area contributed by atoms with E-state index in [0.717, 1.165) is 0 Å². The van der Waals surface area contributed by atoms with Crippen LogP contribution in [0.4, 0.5) is 0 Å². The minimum Gasteiger partial charge on any atom is -0.344 e. The molecule has 2 aliphatic rings. The predicted octanol–water partition coefficient (Wildman–Crippen LogP) is -1.48. The molecule has 3 N–H and O–H groups in total. The highest BCUT2D eigenvalue weighted by atomic mass is 16.2. The third-order valence-corrected chi connectivity index (χ3v) is 3.12. The standard InChI is InChI=1S/C10H15N3O3/c1-10(4-11-5-10)9(16)12-6-2-3-7(14)13-8(6)15/h6,11H,2-5H2,1H3,(H,12,16)(H,13,14,15). The van der Waals surface area contributed by atoms with Crippen LogP contribution >= 0.6 is 0 Å². The minimum absolute atomic E-state index is 0.124. The molecule has 2 saturated heterocycles. The Balaban J connectivity index is 1.92. The zero-order valence-corrected chi connectivity index (χ0v) is 9.13. The van der Waals surface area contributed by atoms with Crippen LogP contribution in [0.5, 0.6) is 0 Å². The number of rotatable bonds is 2. The van der Waals surface area contributed by atoms with Crippen LogP contribution in [-0.4, -0.2) is 36.9 Å². The number of piperidine rings is 1. The van der Waals surface area contributed by atoms with Gasteiger partial charge in [-0.15, -0.1) is 0 Å². The van der Waals surface area contributed by atoms with Gasteiger partial charge in [-0.3, -0.25) is 19.7 Å². The van der Waals surface area contributed by atoms with E-state index in [2.05, 4.69) is 16.0 Å². The van der Waals surface area contributed by atoms with E-state index >= 15 is 0 Å². The Morgan fingerprint density at radius 3 is 2.62 bits per heavy atom. The van der Waals surface area contributed by atoms with Gasteiger partial charge < -0.3 is 10.6 Å². The summed E-state index contributed by atoms with van der Waals surface area (Å²) in [6.07, 6.45) is 0.672. The molecule has 1 unspecified atom stereocenters. The lowest BCUT2D eigenvalue weighted by atomic mass is 9.83. The van der Waals surface area contributed by atoms with Crippen LogP contribution in [0.15, 0.2) is 0 Å². The molecule has 2 fully saturated rings. The highest BCUT2D eigenvalue weighted by Crippen LogP contribution is 2.21. The number of amides is 3. The van der Waals surface area contributed by atoms with Crippen molar-refractivity contribution < 1.29 is 14.4 Å². The summed E-state index contributed by atoms with van der Waals surface area (Å²) in [4.78, 5) is 34.2. The van der Waals surface area contributed by atoms with Gasteiger partial charge in [-0.25, -0.2) is 0 Å². The molecule has 0 bridgehead atoms. The largest absolute Gasteiger partial charge is 0.344 e. The summed E-state index contributed by atoms with van der Waals surface area (Å²) in [6, 6.07) is -0.567. The molecule has 0 aromatic heterocycles. The predicted molar refractivity (Wildman–Crippen MR) is 55.3 cm³/mol. The smallest absolute Gasteiger partial charge is 0.249 e. The van der Waals surface area contributed by atoms with Gasteiger partial charge in [0.05, 0.1) is 5.41 Å². The first-order valence-corrected chi connectivity index (χ1v) is 5.37. The van der Waals surface area contributed by atoms with Crippen LogP contribution in [-0.2, 0) is 14.4 Å². The summed E-state index contributed by atoms with van der Waals surface area (Å²) in [6.45, 7) is 3.11. The second-order valence-electron chi connectivity index (χ2n) is 4.64. The van der Waals surface area contributed by atoms with Crippen LogP contribution < -0.4 is 16.0 Å². The van der Waals surface area contributed by atoms with Gasteiger partial charge in [0.2, 0.25) is 17.7 Å². The summed E-state index contributed by atoms with van der Waals surface area (Å²) in [5.41, 5.74) is -0.415. The number of hydrogen-bond donors (Lipinski definition) is 3. The monoisotopic (exact) mass is 225 g/mol. The van der Waals surface area contributed by atoms with Crippen molar-refractivity contribution in [2.45, 2.75) is 25.8 Å². The van der Waals surface area contributed by atoms with E-state index in [1.165, 1.54) is 0 Å². The SMILES string of the molecule is CC1(C(=O)NC2CCC(=O)NC2=O)CNC1. The Morgan fingerprint density at radius 1 is 1.44 bits per heavy atom. The summed E-state index contributed by atoms with van der Waals surface area (Å²) in [5, 5.41) is 7.93. The van der Waals surface area contributed by atoms with Crippen molar-refractivity contribution >= 4 is 17.7 Å². The Kier molecular flexibility index (Phi) is 2.67. The molecule has 2 heterocycles. The number of hydrogen-bond acceptors (Lipinski definition) is 4. The molecule has 3 amide bonds. The van der Waals surface area contributed by atoms with Crippen molar-refractivity contribution in [3.63, 3.8) is 0 Å². The lowest BCUT2D eigenvalue weighted by molar-refractivity contribution is -0.140. The normalized spacial score (nSPS) is 27.9. The van der Waals surface area contributed by atoms with E-state index in [1.54, 1.807) is 0 Å². The highest BCUT2D eigenvalue weighted by molar-refractivity contribution is 6.02. The van der Waals surface area contributed by atoms with Gasteiger partial charge in [0, 0.05) is 19.5 Å². The molecule has 0 radical (unpaired) electrons. The van der Waals surface area contributed by atoms with Crippen molar-refractivity contribution in [2.24, 2.45) is 5.41 Å². The average Bonchev–Trinajstić information content (AvgIpc) is 2.18. The quantitative estimate of drug-likeness (QED) is 0.500. The van der Waals surface area contributed by atoms with Crippen molar-refractivity contribution in [2.75, 3.05) is 13.1 Å². The molecule has 2 aliphatic heterocycles. The maximum Gasteiger partial charge on any atom is 0.249 e. The fourth-order valence-electron chi connectivity index (χ4n) is 1.82. The second-order valence-corrected chi connectivity index (χ2v) is 4.64. The Hall–Kier alpha value is -1.43. The van der Waals surface area contributed by atoms with Crippen molar-refractivity contribution in [1.29, 1.82) is 0 Å². The molecule has 16 heavy (non-hydrogen) atoms. The Labute approximate surface area is 93.1 Å². The molecule has 88 valence electrons. The average molecular weight is 225 g/mol. The van der Waals surface area contributed by atoms with Gasteiger partial charge in [0.1, 0.15) is 6.04 Å².